The minimum absolute atomic E-state index is 0.327. The average molecular weight is 727 g/mol. The van der Waals surface area contributed by atoms with E-state index in [-0.39, 0.29) is 0 Å². The van der Waals surface area contributed by atoms with Gasteiger partial charge in [0.15, 0.2) is 0 Å². The highest BCUT2D eigenvalue weighted by Gasteiger charge is 2.15. The number of aromatic hydroxyl groups is 3. The monoisotopic (exact) mass is 727 g/mol. The maximum Gasteiger partial charge on any atom is 0.120 e. The van der Waals surface area contributed by atoms with Crippen molar-refractivity contribution in [2.24, 2.45) is 5.73 Å². The van der Waals surface area contributed by atoms with Crippen LogP contribution in [0.1, 0.15) is 51.3 Å². The quantitative estimate of drug-likeness (QED) is 0.177. The van der Waals surface area contributed by atoms with Crippen LogP contribution in [0.5, 0.6) is 17.2 Å². The van der Waals surface area contributed by atoms with Crippen LogP contribution in [0.25, 0.3) is 0 Å². The van der Waals surface area contributed by atoms with Crippen LogP contribution < -0.4 is 27.0 Å². The molecule has 11 heteroatoms. The van der Waals surface area contributed by atoms with Gasteiger partial charge in [-0.3, -0.25) is 14.7 Å². The first-order chi connectivity index (χ1) is 25.5. The molecule has 1 saturated heterocycles. The van der Waals surface area contributed by atoms with E-state index >= 15 is 0 Å². The van der Waals surface area contributed by atoms with Gasteiger partial charge in [0.05, 0.1) is 0 Å². The summed E-state index contributed by atoms with van der Waals surface area (Å²) in [4.78, 5) is 7.16. The second kappa shape index (κ2) is 33.6. The van der Waals surface area contributed by atoms with Crippen LogP contribution in [-0.2, 0) is 19.6 Å². The molecule has 3 aromatic carbocycles. The van der Waals surface area contributed by atoms with Crippen molar-refractivity contribution in [3.63, 3.8) is 0 Å². The standard InChI is InChI=1S/C33H48N6O3.C3H9N.2C2H6.CH5N/c40-31-10-4-1-7-28(31)25-37-19-15-34-13-14-35-16-21-38(26-29-8-2-5-11-32(29)41)23-24-39(22-18-36-17-20-37)27-30-9-3-6-12-33(30)42;1-3-4-2;3*1-2/h1-12,34-36,40-42H,13-27H2;4H,3H2,1-2H3;2*1-2H3;2H2,1H3. The average Bonchev–Trinajstić information content (AvgIpc) is 3.18. The van der Waals surface area contributed by atoms with E-state index in [0.717, 1.165) is 102 Å². The number of nitrogens with one attached hydrogen (secondary N) is 4. The first-order valence-electron chi connectivity index (χ1n) is 19.3. The molecule has 0 atom stereocenters. The highest BCUT2D eigenvalue weighted by Crippen LogP contribution is 2.20. The third-order valence-electron chi connectivity index (χ3n) is 8.14. The van der Waals surface area contributed by atoms with Crippen molar-refractivity contribution < 1.29 is 15.3 Å². The normalized spacial score (nSPS) is 15.7. The van der Waals surface area contributed by atoms with Crippen LogP contribution in [0.2, 0.25) is 0 Å². The van der Waals surface area contributed by atoms with E-state index < -0.39 is 0 Å². The van der Waals surface area contributed by atoms with Gasteiger partial charge in [-0.2, -0.15) is 0 Å². The second-order valence-electron chi connectivity index (χ2n) is 11.7. The number of hydrogen-bond acceptors (Lipinski definition) is 11. The first-order valence-corrected chi connectivity index (χ1v) is 19.3. The highest BCUT2D eigenvalue weighted by molar-refractivity contribution is 5.33. The zero-order chi connectivity index (χ0) is 38.8. The molecule has 1 aliphatic rings. The van der Waals surface area contributed by atoms with Crippen LogP contribution in [-0.4, -0.2) is 129 Å². The van der Waals surface area contributed by atoms with Gasteiger partial charge in [0, 0.05) is 115 Å². The van der Waals surface area contributed by atoms with Gasteiger partial charge in [-0.15, -0.1) is 0 Å². The second-order valence-corrected chi connectivity index (χ2v) is 11.7. The Morgan fingerprint density at radius 3 is 1.02 bits per heavy atom. The first kappa shape index (κ1) is 48.7. The zero-order valence-corrected chi connectivity index (χ0v) is 33.5. The lowest BCUT2D eigenvalue weighted by molar-refractivity contribution is 0.189. The van der Waals surface area contributed by atoms with E-state index in [1.54, 1.807) is 18.2 Å². The molecule has 0 radical (unpaired) electrons. The molecule has 0 aromatic heterocycles. The van der Waals surface area contributed by atoms with E-state index in [9.17, 15) is 15.3 Å². The lowest BCUT2D eigenvalue weighted by atomic mass is 10.1. The number of nitrogens with zero attached hydrogens (tertiary/aromatic N) is 3. The molecule has 1 aliphatic heterocycles. The molecule has 0 amide bonds. The summed E-state index contributed by atoms with van der Waals surface area (Å²) in [5.41, 5.74) is 7.31. The number of hydrogen-bond donors (Lipinski definition) is 8. The molecule has 0 unspecified atom stereocenters. The van der Waals surface area contributed by atoms with Gasteiger partial charge in [0.25, 0.3) is 0 Å². The predicted molar refractivity (Wildman–Crippen MR) is 221 cm³/mol. The number of benzene rings is 3. The lowest BCUT2D eigenvalue weighted by Crippen LogP contribution is -2.43. The summed E-state index contributed by atoms with van der Waals surface area (Å²) in [6.45, 7) is 23.5. The fourth-order valence-corrected chi connectivity index (χ4v) is 5.25. The summed E-state index contributed by atoms with van der Waals surface area (Å²) < 4.78 is 0. The summed E-state index contributed by atoms with van der Waals surface area (Å²) in [7, 11) is 3.43. The number of para-hydroxylation sites is 3. The fourth-order valence-electron chi connectivity index (χ4n) is 5.25. The van der Waals surface area contributed by atoms with E-state index in [4.69, 9.17) is 0 Å². The molecule has 0 bridgehead atoms. The highest BCUT2D eigenvalue weighted by atomic mass is 16.3. The number of phenolic OH excluding ortho intramolecular Hbond substituents is 3. The molecule has 52 heavy (non-hydrogen) atoms. The Morgan fingerprint density at radius 1 is 0.500 bits per heavy atom. The maximum absolute atomic E-state index is 10.5. The Balaban J connectivity index is 0.00000236. The molecule has 0 saturated carbocycles. The van der Waals surface area contributed by atoms with Crippen LogP contribution in [0, 0.1) is 0 Å². The summed E-state index contributed by atoms with van der Waals surface area (Å²) in [5.74, 6) is 1.01. The van der Waals surface area contributed by atoms with Crippen molar-refractivity contribution in [2.45, 2.75) is 54.3 Å². The largest absolute Gasteiger partial charge is 0.508 e. The van der Waals surface area contributed by atoms with Gasteiger partial charge < -0.3 is 42.3 Å². The molecular formula is C41H74N8O3. The van der Waals surface area contributed by atoms with Crippen LogP contribution in [0.15, 0.2) is 72.8 Å². The molecular weight excluding hydrogens is 653 g/mol. The Hall–Kier alpha value is -3.26. The van der Waals surface area contributed by atoms with Gasteiger partial charge in [-0.05, 0) is 38.8 Å². The van der Waals surface area contributed by atoms with Gasteiger partial charge in [0.1, 0.15) is 17.2 Å². The van der Waals surface area contributed by atoms with Crippen molar-refractivity contribution in [3.8, 4) is 17.2 Å². The summed E-state index contributed by atoms with van der Waals surface area (Å²) in [6, 6.07) is 22.7. The summed E-state index contributed by atoms with van der Waals surface area (Å²) >= 11 is 0. The van der Waals surface area contributed by atoms with Crippen LogP contribution in [0.4, 0.5) is 0 Å². The van der Waals surface area contributed by atoms with Crippen molar-refractivity contribution in [1.82, 2.24) is 36.0 Å². The molecule has 296 valence electrons. The molecule has 1 fully saturated rings. The Kier molecular flexibility index (Phi) is 31.5. The minimum Gasteiger partial charge on any atom is -0.508 e. The van der Waals surface area contributed by atoms with Crippen molar-refractivity contribution >= 4 is 0 Å². The van der Waals surface area contributed by atoms with Gasteiger partial charge in [-0.25, -0.2) is 0 Å². The van der Waals surface area contributed by atoms with Crippen molar-refractivity contribution in [1.29, 1.82) is 0 Å². The van der Waals surface area contributed by atoms with Gasteiger partial charge in [0.2, 0.25) is 0 Å². The van der Waals surface area contributed by atoms with Crippen molar-refractivity contribution in [2.75, 3.05) is 99.2 Å². The molecule has 3 aromatic rings. The van der Waals surface area contributed by atoms with E-state index in [0.29, 0.717) is 36.9 Å². The number of phenols is 3. The van der Waals surface area contributed by atoms with Gasteiger partial charge in [-0.1, -0.05) is 89.2 Å². The maximum atomic E-state index is 10.5. The number of rotatable bonds is 7. The molecule has 4 rings (SSSR count). The molecule has 0 aliphatic carbocycles. The van der Waals surface area contributed by atoms with Crippen LogP contribution in [0.3, 0.4) is 0 Å². The zero-order valence-electron chi connectivity index (χ0n) is 33.5. The lowest BCUT2D eigenvalue weighted by Gasteiger charge is -2.29. The van der Waals surface area contributed by atoms with E-state index in [2.05, 4.69) is 48.6 Å². The third-order valence-corrected chi connectivity index (χ3v) is 8.14. The fraction of sp³-hybridized carbons (Fsp3) is 0.561. The summed E-state index contributed by atoms with van der Waals surface area (Å²) in [5, 5.41) is 44.8. The third kappa shape index (κ3) is 22.0. The molecule has 1 heterocycles. The Morgan fingerprint density at radius 2 is 0.750 bits per heavy atom. The SMILES string of the molecule is CC.CC.CCNC.CN.Oc1ccccc1CN1CCNCCNCCN(Cc2ccccc2O)CCN(Cc2ccccc2O)CCNCC1. The van der Waals surface area contributed by atoms with E-state index in [1.807, 2.05) is 89.3 Å². The van der Waals surface area contributed by atoms with Crippen LogP contribution >= 0.6 is 0 Å². The Labute approximate surface area is 316 Å². The van der Waals surface area contributed by atoms with E-state index in [1.165, 1.54) is 7.05 Å². The minimum atomic E-state index is 0.327. The molecule has 0 spiro atoms. The smallest absolute Gasteiger partial charge is 0.120 e. The molecule has 9 N–H and O–H groups in total. The number of nitrogens with two attached hydrogens (primary N) is 1. The Bertz CT molecular complexity index is 1230. The predicted octanol–water partition coefficient (Wildman–Crippen LogP) is 4.25. The summed E-state index contributed by atoms with van der Waals surface area (Å²) in [6.07, 6.45) is 0. The topological polar surface area (TPSA) is 145 Å². The van der Waals surface area contributed by atoms with Gasteiger partial charge >= 0.3 is 0 Å². The molecule has 11 nitrogen and oxygen atoms in total. The van der Waals surface area contributed by atoms with Crippen molar-refractivity contribution in [3.05, 3.63) is 89.5 Å².